The standard InChI is InChI=1S/C15H22N6O/c1-15(2,3)12-5-6-13(19-18-12)21-7-11(8-21)20(4)9-14-16-10-17-22-14/h5-6,10-11H,7-9H2,1-4H3. The van der Waals surface area contributed by atoms with Crippen LogP contribution in [0.3, 0.4) is 0 Å². The van der Waals surface area contributed by atoms with Gasteiger partial charge in [-0.25, -0.2) is 0 Å². The molecule has 118 valence electrons. The van der Waals surface area contributed by atoms with Gasteiger partial charge in [0.2, 0.25) is 5.89 Å². The third-order valence-corrected chi connectivity index (χ3v) is 4.02. The molecule has 0 aromatic carbocycles. The average molecular weight is 302 g/mol. The Balaban J connectivity index is 1.54. The van der Waals surface area contributed by atoms with Gasteiger partial charge in [0, 0.05) is 24.5 Å². The van der Waals surface area contributed by atoms with Gasteiger partial charge in [-0.15, -0.1) is 5.10 Å². The number of aromatic nitrogens is 4. The summed E-state index contributed by atoms with van der Waals surface area (Å²) in [5.74, 6) is 1.59. The first-order valence-electron chi connectivity index (χ1n) is 7.48. The van der Waals surface area contributed by atoms with Crippen LogP contribution in [0, 0.1) is 0 Å². The zero-order chi connectivity index (χ0) is 15.7. The molecule has 0 amide bonds. The molecule has 1 saturated heterocycles. The minimum Gasteiger partial charge on any atom is -0.352 e. The van der Waals surface area contributed by atoms with Gasteiger partial charge >= 0.3 is 0 Å². The Morgan fingerprint density at radius 2 is 2.05 bits per heavy atom. The van der Waals surface area contributed by atoms with Crippen molar-refractivity contribution in [3.63, 3.8) is 0 Å². The molecule has 1 fully saturated rings. The molecule has 0 saturated carbocycles. The molecule has 1 aliphatic heterocycles. The second-order valence-corrected chi connectivity index (χ2v) is 6.84. The highest BCUT2D eigenvalue weighted by atomic mass is 16.5. The van der Waals surface area contributed by atoms with E-state index in [0.717, 1.165) is 24.6 Å². The molecular weight excluding hydrogens is 280 g/mol. The van der Waals surface area contributed by atoms with Crippen LogP contribution in [0.15, 0.2) is 23.0 Å². The molecule has 0 radical (unpaired) electrons. The van der Waals surface area contributed by atoms with Crippen LogP contribution in [0.5, 0.6) is 0 Å². The van der Waals surface area contributed by atoms with Crippen LogP contribution in [0.2, 0.25) is 0 Å². The molecule has 0 aliphatic carbocycles. The normalized spacial score (nSPS) is 16.1. The van der Waals surface area contributed by atoms with E-state index < -0.39 is 0 Å². The second kappa shape index (κ2) is 5.64. The molecule has 0 N–H and O–H groups in total. The summed E-state index contributed by atoms with van der Waals surface area (Å²) in [6.45, 7) is 8.98. The van der Waals surface area contributed by atoms with Crippen molar-refractivity contribution in [2.24, 2.45) is 0 Å². The van der Waals surface area contributed by atoms with Crippen LogP contribution in [-0.4, -0.2) is 51.4 Å². The van der Waals surface area contributed by atoms with Crippen molar-refractivity contribution in [3.05, 3.63) is 30.0 Å². The van der Waals surface area contributed by atoms with E-state index in [0.29, 0.717) is 18.5 Å². The Bertz CT molecular complexity index is 598. The smallest absolute Gasteiger partial charge is 0.240 e. The Morgan fingerprint density at radius 1 is 1.27 bits per heavy atom. The number of hydrogen-bond acceptors (Lipinski definition) is 7. The minimum absolute atomic E-state index is 0.0350. The maximum atomic E-state index is 5.04. The van der Waals surface area contributed by atoms with E-state index in [-0.39, 0.29) is 5.41 Å². The number of likely N-dealkylation sites (N-methyl/N-ethyl adjacent to an activating group) is 1. The highest BCUT2D eigenvalue weighted by Gasteiger charge is 2.32. The third kappa shape index (κ3) is 3.09. The number of nitrogens with zero attached hydrogens (tertiary/aromatic N) is 6. The highest BCUT2D eigenvalue weighted by molar-refractivity contribution is 5.42. The third-order valence-electron chi connectivity index (χ3n) is 4.02. The van der Waals surface area contributed by atoms with Crippen molar-refractivity contribution in [2.45, 2.75) is 38.8 Å². The van der Waals surface area contributed by atoms with Gasteiger partial charge in [0.1, 0.15) is 0 Å². The fourth-order valence-electron chi connectivity index (χ4n) is 2.42. The molecule has 3 rings (SSSR count). The first kappa shape index (κ1) is 14.9. The van der Waals surface area contributed by atoms with E-state index in [9.17, 15) is 0 Å². The van der Waals surface area contributed by atoms with Crippen LogP contribution < -0.4 is 4.90 Å². The van der Waals surface area contributed by atoms with Gasteiger partial charge in [0.25, 0.3) is 0 Å². The summed E-state index contributed by atoms with van der Waals surface area (Å²) in [6, 6.07) is 4.59. The topological polar surface area (TPSA) is 71.2 Å². The summed E-state index contributed by atoms with van der Waals surface area (Å²) in [7, 11) is 2.07. The molecule has 0 unspecified atom stereocenters. The lowest BCUT2D eigenvalue weighted by Crippen LogP contribution is -2.58. The van der Waals surface area contributed by atoms with Gasteiger partial charge < -0.3 is 9.42 Å². The first-order chi connectivity index (χ1) is 10.4. The van der Waals surface area contributed by atoms with Crippen molar-refractivity contribution in [1.82, 2.24) is 25.2 Å². The van der Waals surface area contributed by atoms with E-state index in [1.54, 1.807) is 0 Å². The predicted octanol–water partition coefficient (Wildman–Crippen LogP) is 1.48. The van der Waals surface area contributed by atoms with Crippen molar-refractivity contribution in [3.8, 4) is 0 Å². The second-order valence-electron chi connectivity index (χ2n) is 6.84. The fourth-order valence-corrected chi connectivity index (χ4v) is 2.42. The maximum Gasteiger partial charge on any atom is 0.240 e. The summed E-state index contributed by atoms with van der Waals surface area (Å²) < 4.78 is 5.04. The molecule has 0 atom stereocenters. The Labute approximate surface area is 130 Å². The largest absolute Gasteiger partial charge is 0.352 e. The minimum atomic E-state index is 0.0350. The molecule has 7 nitrogen and oxygen atoms in total. The molecule has 2 aromatic heterocycles. The fraction of sp³-hybridized carbons (Fsp3) is 0.600. The van der Waals surface area contributed by atoms with Crippen LogP contribution >= 0.6 is 0 Å². The molecule has 22 heavy (non-hydrogen) atoms. The number of hydrogen-bond donors (Lipinski definition) is 0. The summed E-state index contributed by atoms with van der Waals surface area (Å²) >= 11 is 0. The first-order valence-corrected chi connectivity index (χ1v) is 7.48. The Kier molecular flexibility index (Phi) is 3.82. The summed E-state index contributed by atoms with van der Waals surface area (Å²) in [5.41, 5.74) is 1.05. The predicted molar refractivity (Wildman–Crippen MR) is 82.5 cm³/mol. The monoisotopic (exact) mass is 302 g/mol. The van der Waals surface area contributed by atoms with Gasteiger partial charge in [0.05, 0.1) is 12.2 Å². The van der Waals surface area contributed by atoms with Crippen molar-refractivity contribution in [2.75, 3.05) is 25.0 Å². The lowest BCUT2D eigenvalue weighted by Gasteiger charge is -2.44. The Morgan fingerprint density at radius 3 is 2.59 bits per heavy atom. The Hall–Kier alpha value is -2.02. The van der Waals surface area contributed by atoms with Crippen molar-refractivity contribution in [1.29, 1.82) is 0 Å². The summed E-state index contributed by atoms with van der Waals surface area (Å²) in [5, 5.41) is 12.3. The molecule has 7 heteroatoms. The molecular formula is C15H22N6O. The molecule has 2 aromatic rings. The molecule has 1 aliphatic rings. The molecule has 0 bridgehead atoms. The van der Waals surface area contributed by atoms with Crippen LogP contribution in [0.25, 0.3) is 0 Å². The van der Waals surface area contributed by atoms with Crippen molar-refractivity contribution < 1.29 is 4.52 Å². The van der Waals surface area contributed by atoms with Crippen LogP contribution in [0.1, 0.15) is 32.4 Å². The van der Waals surface area contributed by atoms with Crippen LogP contribution in [0.4, 0.5) is 5.82 Å². The number of anilines is 1. The van der Waals surface area contributed by atoms with Gasteiger partial charge in [-0.05, 0) is 19.2 Å². The van der Waals surface area contributed by atoms with Gasteiger partial charge in [0.15, 0.2) is 12.1 Å². The highest BCUT2D eigenvalue weighted by Crippen LogP contribution is 2.24. The molecule has 0 spiro atoms. The van der Waals surface area contributed by atoms with E-state index in [2.05, 4.69) is 70.1 Å². The van der Waals surface area contributed by atoms with Crippen LogP contribution in [-0.2, 0) is 12.0 Å². The van der Waals surface area contributed by atoms with E-state index in [1.165, 1.54) is 6.33 Å². The van der Waals surface area contributed by atoms with E-state index in [1.807, 2.05) is 0 Å². The molecule has 3 heterocycles. The quantitative estimate of drug-likeness (QED) is 0.847. The lowest BCUT2D eigenvalue weighted by molar-refractivity contribution is 0.174. The van der Waals surface area contributed by atoms with Gasteiger partial charge in [-0.1, -0.05) is 25.9 Å². The van der Waals surface area contributed by atoms with E-state index in [4.69, 9.17) is 4.52 Å². The van der Waals surface area contributed by atoms with Crippen molar-refractivity contribution >= 4 is 5.82 Å². The number of rotatable bonds is 4. The zero-order valence-electron chi connectivity index (χ0n) is 13.5. The zero-order valence-corrected chi connectivity index (χ0v) is 13.5. The van der Waals surface area contributed by atoms with Gasteiger partial charge in [-0.2, -0.15) is 10.1 Å². The summed E-state index contributed by atoms with van der Waals surface area (Å²) in [4.78, 5) is 8.51. The maximum absolute atomic E-state index is 5.04. The van der Waals surface area contributed by atoms with Gasteiger partial charge in [-0.3, -0.25) is 4.90 Å². The average Bonchev–Trinajstić information content (AvgIpc) is 2.89. The SMILES string of the molecule is CN(Cc1ncno1)C1CN(c2ccc(C(C)(C)C)nn2)C1. The lowest BCUT2D eigenvalue weighted by atomic mass is 9.92. The summed E-state index contributed by atoms with van der Waals surface area (Å²) in [6.07, 6.45) is 1.43. The van der Waals surface area contributed by atoms with E-state index >= 15 is 0 Å².